The lowest BCUT2D eigenvalue weighted by Gasteiger charge is -2.21. The van der Waals surface area contributed by atoms with Gasteiger partial charge >= 0.3 is 5.97 Å². The summed E-state index contributed by atoms with van der Waals surface area (Å²) in [4.78, 5) is 28.5. The monoisotopic (exact) mass is 300 g/mol. The maximum absolute atomic E-state index is 12.4. The molecule has 5 heteroatoms. The highest BCUT2D eigenvalue weighted by Gasteiger charge is 2.27. The molecule has 0 radical (unpaired) electrons. The maximum Gasteiger partial charge on any atom is 0.328 e. The second kappa shape index (κ2) is 7.02. The van der Waals surface area contributed by atoms with Crippen LogP contribution in [0.15, 0.2) is 36.4 Å². The standard InChI is InChI=1S/C17H20N2O3/c1-4-11(2)15(17(21)22-3)19-16(20)14-10-9-12-7-5-6-8-13(12)18-14/h5-11,15H,4H2,1-3H3,(H,19,20)/t11-,15-/m0/s1. The van der Waals surface area contributed by atoms with Crippen molar-refractivity contribution >= 4 is 22.8 Å². The summed E-state index contributed by atoms with van der Waals surface area (Å²) in [6, 6.07) is 10.4. The van der Waals surface area contributed by atoms with Crippen LogP contribution < -0.4 is 5.32 Å². The Kier molecular flexibility index (Phi) is 5.09. The number of methoxy groups -OCH3 is 1. The zero-order chi connectivity index (χ0) is 16.1. The molecule has 5 nitrogen and oxygen atoms in total. The highest BCUT2D eigenvalue weighted by atomic mass is 16.5. The molecule has 1 heterocycles. The predicted molar refractivity (Wildman–Crippen MR) is 84.5 cm³/mol. The summed E-state index contributed by atoms with van der Waals surface area (Å²) in [5, 5.41) is 3.69. The Morgan fingerprint density at radius 2 is 1.95 bits per heavy atom. The first-order chi connectivity index (χ1) is 10.6. The summed E-state index contributed by atoms with van der Waals surface area (Å²) in [6.45, 7) is 3.86. The van der Waals surface area contributed by atoms with Crippen molar-refractivity contribution in [3.8, 4) is 0 Å². The van der Waals surface area contributed by atoms with Crippen molar-refractivity contribution in [3.05, 3.63) is 42.1 Å². The highest BCUT2D eigenvalue weighted by Crippen LogP contribution is 2.13. The molecule has 116 valence electrons. The van der Waals surface area contributed by atoms with E-state index in [1.54, 1.807) is 6.07 Å². The number of ether oxygens (including phenoxy) is 1. The number of carbonyl (C=O) groups excluding carboxylic acids is 2. The van der Waals surface area contributed by atoms with Gasteiger partial charge in [0.25, 0.3) is 5.91 Å². The molecule has 1 N–H and O–H groups in total. The van der Waals surface area contributed by atoms with Crippen molar-refractivity contribution in [2.75, 3.05) is 7.11 Å². The highest BCUT2D eigenvalue weighted by molar-refractivity contribution is 5.97. The van der Waals surface area contributed by atoms with Gasteiger partial charge < -0.3 is 10.1 Å². The van der Waals surface area contributed by atoms with Crippen LogP contribution in [0.1, 0.15) is 30.8 Å². The summed E-state index contributed by atoms with van der Waals surface area (Å²) in [5.74, 6) is -0.832. The van der Waals surface area contributed by atoms with Crippen LogP contribution in [0.4, 0.5) is 0 Å². The lowest BCUT2D eigenvalue weighted by molar-refractivity contribution is -0.144. The van der Waals surface area contributed by atoms with Crippen LogP contribution in [0.3, 0.4) is 0 Å². The van der Waals surface area contributed by atoms with Gasteiger partial charge in [-0.15, -0.1) is 0 Å². The summed E-state index contributed by atoms with van der Waals surface area (Å²) < 4.78 is 4.77. The van der Waals surface area contributed by atoms with Crippen LogP contribution in [0.25, 0.3) is 10.9 Å². The van der Waals surface area contributed by atoms with Gasteiger partial charge in [-0.2, -0.15) is 0 Å². The van der Waals surface area contributed by atoms with Gasteiger partial charge in [-0.25, -0.2) is 9.78 Å². The summed E-state index contributed by atoms with van der Waals surface area (Å²) >= 11 is 0. The molecular formula is C17H20N2O3. The third-order valence-electron chi connectivity index (χ3n) is 3.79. The number of hydrogen-bond acceptors (Lipinski definition) is 4. The number of rotatable bonds is 5. The van der Waals surface area contributed by atoms with Gasteiger partial charge in [0.15, 0.2) is 0 Å². The maximum atomic E-state index is 12.4. The van der Waals surface area contributed by atoms with Crippen molar-refractivity contribution in [2.45, 2.75) is 26.3 Å². The predicted octanol–water partition coefficient (Wildman–Crippen LogP) is 2.55. The van der Waals surface area contributed by atoms with E-state index in [1.165, 1.54) is 7.11 Å². The number of benzene rings is 1. The lowest BCUT2D eigenvalue weighted by Crippen LogP contribution is -2.45. The average Bonchev–Trinajstić information content (AvgIpc) is 2.57. The minimum Gasteiger partial charge on any atom is -0.467 e. The third-order valence-corrected chi connectivity index (χ3v) is 3.79. The van der Waals surface area contributed by atoms with Crippen molar-refractivity contribution < 1.29 is 14.3 Å². The number of fused-ring (bicyclic) bond motifs is 1. The topological polar surface area (TPSA) is 68.3 Å². The average molecular weight is 300 g/mol. The van der Waals surface area contributed by atoms with Gasteiger partial charge in [-0.1, -0.05) is 44.5 Å². The first-order valence-electron chi connectivity index (χ1n) is 7.31. The van der Waals surface area contributed by atoms with Crippen molar-refractivity contribution in [3.63, 3.8) is 0 Å². The Balaban J connectivity index is 2.22. The van der Waals surface area contributed by atoms with Crippen LogP contribution in [0.2, 0.25) is 0 Å². The van der Waals surface area contributed by atoms with Gasteiger partial charge in [0.1, 0.15) is 11.7 Å². The summed E-state index contributed by atoms with van der Waals surface area (Å²) in [6.07, 6.45) is 0.755. The first kappa shape index (κ1) is 15.9. The Bertz CT molecular complexity index is 684. The minimum absolute atomic E-state index is 0.0168. The Morgan fingerprint density at radius 1 is 1.23 bits per heavy atom. The number of aromatic nitrogens is 1. The number of hydrogen-bond donors (Lipinski definition) is 1. The lowest BCUT2D eigenvalue weighted by atomic mass is 9.99. The van der Waals surface area contributed by atoms with Crippen molar-refractivity contribution in [2.24, 2.45) is 5.92 Å². The first-order valence-corrected chi connectivity index (χ1v) is 7.31. The molecule has 0 saturated heterocycles. The number of pyridine rings is 1. The van der Waals surface area contributed by atoms with Crippen LogP contribution in [-0.4, -0.2) is 30.0 Å². The summed E-state index contributed by atoms with van der Waals surface area (Å²) in [7, 11) is 1.32. The fourth-order valence-electron chi connectivity index (χ4n) is 2.20. The number of para-hydroxylation sites is 1. The number of carbonyl (C=O) groups is 2. The quantitative estimate of drug-likeness (QED) is 0.862. The molecule has 0 aliphatic rings. The Hall–Kier alpha value is -2.43. The molecule has 0 unspecified atom stereocenters. The number of nitrogens with one attached hydrogen (secondary N) is 1. The smallest absolute Gasteiger partial charge is 0.328 e. The van der Waals surface area contributed by atoms with E-state index < -0.39 is 12.0 Å². The number of amides is 1. The van der Waals surface area contributed by atoms with E-state index in [0.29, 0.717) is 0 Å². The van der Waals surface area contributed by atoms with Crippen LogP contribution in [-0.2, 0) is 9.53 Å². The Labute approximate surface area is 129 Å². The fraction of sp³-hybridized carbons (Fsp3) is 0.353. The van der Waals surface area contributed by atoms with E-state index in [0.717, 1.165) is 17.3 Å². The van der Waals surface area contributed by atoms with Gasteiger partial charge in [0.2, 0.25) is 0 Å². The molecule has 0 aliphatic heterocycles. The SMILES string of the molecule is CC[C@H](C)[C@H](NC(=O)c1ccc2ccccc2n1)C(=O)OC. The largest absolute Gasteiger partial charge is 0.467 e. The van der Waals surface area contributed by atoms with Gasteiger partial charge in [0, 0.05) is 5.39 Å². The van der Waals surface area contributed by atoms with E-state index in [1.807, 2.05) is 44.2 Å². The normalized spacial score (nSPS) is 13.4. The van der Waals surface area contributed by atoms with Gasteiger partial charge in [-0.3, -0.25) is 4.79 Å². The van der Waals surface area contributed by atoms with Crippen LogP contribution >= 0.6 is 0 Å². The van der Waals surface area contributed by atoms with E-state index in [2.05, 4.69) is 10.3 Å². The minimum atomic E-state index is -0.671. The van der Waals surface area contributed by atoms with E-state index >= 15 is 0 Å². The molecule has 2 rings (SSSR count). The Morgan fingerprint density at radius 3 is 2.64 bits per heavy atom. The van der Waals surface area contributed by atoms with Crippen molar-refractivity contribution in [1.29, 1.82) is 0 Å². The fourth-order valence-corrected chi connectivity index (χ4v) is 2.20. The van der Waals surface area contributed by atoms with E-state index in [4.69, 9.17) is 4.74 Å². The number of nitrogens with zero attached hydrogens (tertiary/aromatic N) is 1. The molecule has 2 aromatic rings. The number of esters is 1. The van der Waals surface area contributed by atoms with Gasteiger partial charge in [-0.05, 0) is 18.1 Å². The molecule has 0 spiro atoms. The van der Waals surface area contributed by atoms with Crippen molar-refractivity contribution in [1.82, 2.24) is 10.3 Å². The molecule has 0 aliphatic carbocycles. The molecule has 0 fully saturated rings. The second-order valence-corrected chi connectivity index (χ2v) is 5.25. The molecule has 2 atom stereocenters. The summed E-state index contributed by atoms with van der Waals surface area (Å²) in [5.41, 5.74) is 1.03. The molecule has 1 aromatic carbocycles. The molecule has 1 amide bonds. The molecular weight excluding hydrogens is 280 g/mol. The van der Waals surface area contributed by atoms with E-state index in [-0.39, 0.29) is 17.5 Å². The second-order valence-electron chi connectivity index (χ2n) is 5.25. The zero-order valence-corrected chi connectivity index (χ0v) is 13.0. The van der Waals surface area contributed by atoms with Gasteiger partial charge in [0.05, 0.1) is 12.6 Å². The molecule has 1 aromatic heterocycles. The molecule has 0 saturated carbocycles. The third kappa shape index (κ3) is 3.42. The van der Waals surface area contributed by atoms with Crippen LogP contribution in [0, 0.1) is 5.92 Å². The van der Waals surface area contributed by atoms with E-state index in [9.17, 15) is 9.59 Å². The zero-order valence-electron chi connectivity index (χ0n) is 13.0. The van der Waals surface area contributed by atoms with Crippen LogP contribution in [0.5, 0.6) is 0 Å². The molecule has 22 heavy (non-hydrogen) atoms. The molecule has 0 bridgehead atoms.